The van der Waals surface area contributed by atoms with Crippen LogP contribution in [-0.2, 0) is 0 Å². The van der Waals surface area contributed by atoms with Crippen LogP contribution in [0, 0.1) is 0 Å². The Balaban J connectivity index is 2.49. The quantitative estimate of drug-likeness (QED) is 0.549. The Hall–Kier alpha value is -0.563. The average Bonchev–Trinajstić information content (AvgIpc) is 2.32. The zero-order valence-corrected chi connectivity index (χ0v) is 8.59. The van der Waals surface area contributed by atoms with Crippen molar-refractivity contribution in [2.24, 2.45) is 0 Å². The van der Waals surface area contributed by atoms with Gasteiger partial charge in [-0.15, -0.1) is 0 Å². The van der Waals surface area contributed by atoms with Gasteiger partial charge in [-0.2, -0.15) is 0 Å². The van der Waals surface area contributed by atoms with E-state index in [1.165, 1.54) is 5.57 Å². The Morgan fingerprint density at radius 3 is 2.55 bits per heavy atom. The van der Waals surface area contributed by atoms with Gasteiger partial charge >= 0.3 is 0 Å². The maximum atomic E-state index is 2.39. The Kier molecular flexibility index (Phi) is 2.50. The van der Waals surface area contributed by atoms with Gasteiger partial charge < -0.3 is 0 Å². The highest BCUT2D eigenvalue weighted by atomic mass is 28.3. The van der Waals surface area contributed by atoms with Crippen molar-refractivity contribution in [1.82, 2.24) is 0 Å². The van der Waals surface area contributed by atoms with Crippen LogP contribution in [0.2, 0.25) is 19.6 Å². The lowest BCUT2D eigenvalue weighted by Crippen LogP contribution is -2.15. The molecule has 0 unspecified atom stereocenters. The fourth-order valence-corrected chi connectivity index (χ4v) is 1.66. The van der Waals surface area contributed by atoms with Crippen LogP contribution in [0.5, 0.6) is 0 Å². The molecule has 60 valence electrons. The van der Waals surface area contributed by atoms with Crippen molar-refractivity contribution in [2.75, 3.05) is 0 Å². The molecule has 0 aromatic rings. The summed E-state index contributed by atoms with van der Waals surface area (Å²) in [6.45, 7) is 7.06. The number of hydrogen-bond donors (Lipinski definition) is 0. The van der Waals surface area contributed by atoms with Crippen molar-refractivity contribution in [2.45, 2.75) is 26.1 Å². The maximum absolute atomic E-state index is 2.39. The van der Waals surface area contributed by atoms with Gasteiger partial charge in [0.05, 0.1) is 8.07 Å². The molecule has 11 heavy (non-hydrogen) atoms. The molecule has 1 aliphatic carbocycles. The van der Waals surface area contributed by atoms with Crippen molar-refractivity contribution in [3.63, 3.8) is 0 Å². The fourth-order valence-electron chi connectivity index (χ4n) is 0.944. The SMILES string of the molecule is C[Si](C)(C)C=CC1=CC=CC1. The molecule has 0 spiro atoms. The first-order valence-electron chi connectivity index (χ1n) is 4.13. The molecule has 1 rings (SSSR count). The maximum Gasteiger partial charge on any atom is 0.0687 e. The first kappa shape index (κ1) is 8.53. The summed E-state index contributed by atoms with van der Waals surface area (Å²) in [6.07, 6.45) is 9.93. The van der Waals surface area contributed by atoms with Crippen LogP contribution in [0.4, 0.5) is 0 Å². The lowest BCUT2D eigenvalue weighted by molar-refractivity contribution is 1.33. The van der Waals surface area contributed by atoms with Gasteiger partial charge in [0.25, 0.3) is 0 Å². The molecule has 0 fully saturated rings. The molecule has 0 aliphatic heterocycles. The lowest BCUT2D eigenvalue weighted by Gasteiger charge is -2.07. The van der Waals surface area contributed by atoms with Gasteiger partial charge in [0.2, 0.25) is 0 Å². The zero-order chi connectivity index (χ0) is 8.32. The van der Waals surface area contributed by atoms with E-state index in [-0.39, 0.29) is 0 Å². The highest BCUT2D eigenvalue weighted by Crippen LogP contribution is 2.13. The smallest absolute Gasteiger partial charge is 0.0687 e. The Labute approximate surface area is 70.3 Å². The van der Waals surface area contributed by atoms with E-state index in [1.807, 2.05) is 0 Å². The molecule has 0 N–H and O–H groups in total. The molecule has 0 amide bonds. The van der Waals surface area contributed by atoms with Gasteiger partial charge in [0.1, 0.15) is 0 Å². The van der Waals surface area contributed by atoms with E-state index in [0.29, 0.717) is 0 Å². The molecule has 1 heteroatoms. The Bertz CT molecular complexity index is 214. The largest absolute Gasteiger partial charge is 0.0947 e. The van der Waals surface area contributed by atoms with Crippen LogP contribution in [0.25, 0.3) is 0 Å². The molecule has 0 heterocycles. The minimum atomic E-state index is -0.974. The van der Waals surface area contributed by atoms with Crippen LogP contribution >= 0.6 is 0 Å². The molecular weight excluding hydrogens is 148 g/mol. The number of hydrogen-bond acceptors (Lipinski definition) is 0. The van der Waals surface area contributed by atoms with E-state index in [4.69, 9.17) is 0 Å². The van der Waals surface area contributed by atoms with Crippen LogP contribution in [0.15, 0.2) is 35.6 Å². The van der Waals surface area contributed by atoms with Gasteiger partial charge in [-0.25, -0.2) is 0 Å². The molecule has 0 saturated heterocycles. The zero-order valence-electron chi connectivity index (χ0n) is 7.59. The fraction of sp³-hybridized carbons (Fsp3) is 0.400. The predicted octanol–water partition coefficient (Wildman–Crippen LogP) is 3.31. The van der Waals surface area contributed by atoms with E-state index in [2.05, 4.69) is 49.6 Å². The summed E-state index contributed by atoms with van der Waals surface area (Å²) in [5, 5.41) is 0. The van der Waals surface area contributed by atoms with E-state index >= 15 is 0 Å². The summed E-state index contributed by atoms with van der Waals surface area (Å²) >= 11 is 0. The first-order valence-corrected chi connectivity index (χ1v) is 7.71. The van der Waals surface area contributed by atoms with E-state index in [0.717, 1.165) is 6.42 Å². The molecule has 0 saturated carbocycles. The van der Waals surface area contributed by atoms with Crippen LogP contribution in [0.3, 0.4) is 0 Å². The second kappa shape index (κ2) is 3.22. The highest BCUT2D eigenvalue weighted by molar-refractivity contribution is 6.81. The van der Waals surface area contributed by atoms with E-state index < -0.39 is 8.07 Å². The number of allylic oxidation sites excluding steroid dienone is 5. The van der Waals surface area contributed by atoms with Crippen LogP contribution in [0.1, 0.15) is 6.42 Å². The molecule has 0 bridgehead atoms. The van der Waals surface area contributed by atoms with Gasteiger partial charge in [0, 0.05) is 0 Å². The van der Waals surface area contributed by atoms with E-state index in [9.17, 15) is 0 Å². The summed E-state index contributed by atoms with van der Waals surface area (Å²) in [4.78, 5) is 0. The molecule has 0 atom stereocenters. The van der Waals surface area contributed by atoms with Crippen LogP contribution < -0.4 is 0 Å². The second-order valence-corrected chi connectivity index (χ2v) is 9.14. The molecule has 0 nitrogen and oxygen atoms in total. The standard InChI is InChI=1S/C10H16Si/c1-11(2,3)9-8-10-6-4-5-7-10/h4-6,8-9H,7H2,1-3H3. The lowest BCUT2D eigenvalue weighted by atomic mass is 10.2. The molecular formula is C10H16Si. The summed E-state index contributed by atoms with van der Waals surface area (Å²) < 4.78 is 0. The predicted molar refractivity (Wildman–Crippen MR) is 54.3 cm³/mol. The normalized spacial score (nSPS) is 17.9. The first-order chi connectivity index (χ1) is 5.08. The van der Waals surface area contributed by atoms with E-state index in [1.54, 1.807) is 0 Å². The summed E-state index contributed by atoms with van der Waals surface area (Å²) in [5.41, 5.74) is 3.85. The van der Waals surface area contributed by atoms with Crippen molar-refractivity contribution in [1.29, 1.82) is 0 Å². The van der Waals surface area contributed by atoms with Crippen molar-refractivity contribution in [3.8, 4) is 0 Å². The van der Waals surface area contributed by atoms with Gasteiger partial charge in [-0.05, 0) is 12.0 Å². The topological polar surface area (TPSA) is 0 Å². The summed E-state index contributed by atoms with van der Waals surface area (Å²) in [5.74, 6) is 0. The minimum absolute atomic E-state index is 0.974. The summed E-state index contributed by atoms with van der Waals surface area (Å²) in [7, 11) is -0.974. The Morgan fingerprint density at radius 2 is 2.09 bits per heavy atom. The van der Waals surface area contributed by atoms with Gasteiger partial charge in [0.15, 0.2) is 0 Å². The minimum Gasteiger partial charge on any atom is -0.0947 e. The van der Waals surface area contributed by atoms with Crippen molar-refractivity contribution >= 4 is 8.07 Å². The summed E-state index contributed by atoms with van der Waals surface area (Å²) in [6, 6.07) is 0. The van der Waals surface area contributed by atoms with Gasteiger partial charge in [-0.3, -0.25) is 0 Å². The highest BCUT2D eigenvalue weighted by Gasteiger charge is 2.07. The van der Waals surface area contributed by atoms with Crippen molar-refractivity contribution in [3.05, 3.63) is 35.6 Å². The monoisotopic (exact) mass is 164 g/mol. The molecule has 0 radical (unpaired) electrons. The van der Waals surface area contributed by atoms with Crippen LogP contribution in [-0.4, -0.2) is 8.07 Å². The third-order valence-electron chi connectivity index (χ3n) is 1.60. The molecule has 0 aromatic heterocycles. The third kappa shape index (κ3) is 3.37. The van der Waals surface area contributed by atoms with Gasteiger partial charge in [-0.1, -0.05) is 49.6 Å². The molecule has 1 aliphatic rings. The molecule has 0 aromatic carbocycles. The van der Waals surface area contributed by atoms with Crippen molar-refractivity contribution < 1.29 is 0 Å². The number of rotatable bonds is 2. The Morgan fingerprint density at radius 1 is 1.36 bits per heavy atom. The average molecular weight is 164 g/mol. The second-order valence-electron chi connectivity index (χ2n) is 4.07. The third-order valence-corrected chi connectivity index (χ3v) is 2.76.